The van der Waals surface area contributed by atoms with Crippen LogP contribution in [0.25, 0.3) is 0 Å². The molecule has 0 radical (unpaired) electrons. The van der Waals surface area contributed by atoms with Crippen LogP contribution >= 0.6 is 13.5 Å². The first-order valence-electron chi connectivity index (χ1n) is 3.48. The van der Waals surface area contributed by atoms with Crippen LogP contribution in [0.2, 0.25) is 0 Å². The van der Waals surface area contributed by atoms with E-state index >= 15 is 0 Å². The second kappa shape index (κ2) is 4.21. The maximum Gasteiger partial charge on any atom is 0.486 e. The highest BCUT2D eigenvalue weighted by Gasteiger charge is 2.46. The summed E-state index contributed by atoms with van der Waals surface area (Å²) in [6.07, 6.45) is -4.26. The van der Waals surface area contributed by atoms with Crippen molar-refractivity contribution in [3.05, 3.63) is 30.3 Å². The predicted molar refractivity (Wildman–Crippen MR) is 55.5 cm³/mol. The highest BCUT2D eigenvalue weighted by Crippen LogP contribution is 2.73. The average Bonchev–Trinajstić information content (AvgIpc) is 2.03. The monoisotopic (exact) mass is 255 g/mol. The number of hydrogen-bond donors (Lipinski definition) is 4. The van der Waals surface area contributed by atoms with Gasteiger partial charge < -0.3 is 19.6 Å². The Morgan fingerprint density at radius 2 is 1.50 bits per heavy atom. The van der Waals surface area contributed by atoms with Gasteiger partial charge >= 0.3 is 13.5 Å². The Morgan fingerprint density at radius 1 is 1.00 bits per heavy atom. The maximum absolute atomic E-state index is 10.7. The largest absolute Gasteiger partial charge is 0.486 e. The van der Waals surface area contributed by atoms with Crippen LogP contribution in [-0.2, 0) is 15.5 Å². The summed E-state index contributed by atoms with van der Waals surface area (Å²) in [5.41, 5.74) is 0. The minimum Gasteiger partial charge on any atom is -0.315 e. The number of hydrogen-bond acceptors (Lipinski definition) is 1. The Labute approximate surface area is 84.2 Å². The van der Waals surface area contributed by atoms with E-state index in [0.717, 1.165) is 0 Å². The third kappa shape index (κ3) is 2.97. The van der Waals surface area contributed by atoms with E-state index in [1.165, 1.54) is 0 Å². The van der Waals surface area contributed by atoms with Crippen molar-refractivity contribution in [1.82, 2.24) is 0 Å². The van der Waals surface area contributed by atoms with Gasteiger partial charge in [-0.05, 0) is 0 Å². The lowest BCUT2D eigenvalue weighted by atomic mass is 10.4. The SMILES string of the molecule is O=P(O)(O)P(O)(O)=[S+]c1ccccc1. The molecular formula is C6H9O5P2S+. The Kier molecular flexibility index (Phi) is 3.61. The summed E-state index contributed by atoms with van der Waals surface area (Å²) >= 11 is 0. The van der Waals surface area contributed by atoms with Crippen LogP contribution in [0.15, 0.2) is 35.2 Å². The van der Waals surface area contributed by atoms with Crippen LogP contribution in [0.1, 0.15) is 0 Å². The van der Waals surface area contributed by atoms with Crippen LogP contribution in [0.5, 0.6) is 0 Å². The predicted octanol–water partition coefficient (Wildman–Crippen LogP) is 0.968. The van der Waals surface area contributed by atoms with Crippen molar-refractivity contribution < 1.29 is 24.1 Å². The van der Waals surface area contributed by atoms with E-state index in [-0.39, 0.29) is 0 Å². The average molecular weight is 255 g/mol. The molecule has 0 atom stereocenters. The molecule has 0 aliphatic heterocycles. The van der Waals surface area contributed by atoms with Gasteiger partial charge in [-0.15, -0.1) is 0 Å². The fraction of sp³-hybridized carbons (Fsp3) is 0. The molecule has 0 amide bonds. The normalized spacial score (nSPS) is 12.6. The first-order chi connectivity index (χ1) is 6.33. The second-order valence-electron chi connectivity index (χ2n) is 2.43. The third-order valence-corrected chi connectivity index (χ3v) is 8.77. The summed E-state index contributed by atoms with van der Waals surface area (Å²) in [5, 5.41) is 0. The van der Waals surface area contributed by atoms with E-state index in [0.29, 0.717) is 15.8 Å². The molecule has 1 aromatic carbocycles. The van der Waals surface area contributed by atoms with Gasteiger partial charge in [0, 0.05) is 12.1 Å². The molecule has 0 fully saturated rings. The lowest BCUT2D eigenvalue weighted by Crippen LogP contribution is -1.84. The highest BCUT2D eigenvalue weighted by molar-refractivity contribution is 8.50. The zero-order valence-corrected chi connectivity index (χ0v) is 9.49. The topological polar surface area (TPSA) is 98.0 Å². The molecule has 0 aromatic heterocycles. The summed E-state index contributed by atoms with van der Waals surface area (Å²) in [7, 11) is -4.44. The Balaban J connectivity index is 3.18. The molecule has 0 saturated heterocycles. The molecule has 14 heavy (non-hydrogen) atoms. The summed E-state index contributed by atoms with van der Waals surface area (Å²) in [4.78, 5) is 36.0. The van der Waals surface area contributed by atoms with Gasteiger partial charge in [0.05, 0.1) is 0 Å². The summed E-state index contributed by atoms with van der Waals surface area (Å²) < 4.78 is 10.7. The van der Waals surface area contributed by atoms with Gasteiger partial charge in [-0.2, -0.15) is 0 Å². The molecule has 0 aliphatic rings. The van der Waals surface area contributed by atoms with Crippen LogP contribution in [0.4, 0.5) is 0 Å². The number of benzene rings is 1. The molecule has 0 aliphatic carbocycles. The van der Waals surface area contributed by atoms with Gasteiger partial charge in [0.2, 0.25) is 4.90 Å². The molecule has 4 N–H and O–H groups in total. The molecule has 0 bridgehead atoms. The summed E-state index contributed by atoms with van der Waals surface area (Å²) in [5.74, 6) is 0. The summed E-state index contributed by atoms with van der Waals surface area (Å²) in [6, 6.07) is 8.09. The lowest BCUT2D eigenvalue weighted by Gasteiger charge is -2.01. The van der Waals surface area contributed by atoms with Crippen molar-refractivity contribution >= 4 is 24.4 Å². The zero-order valence-electron chi connectivity index (χ0n) is 6.89. The first-order valence-corrected chi connectivity index (χ1v) is 8.91. The minimum atomic E-state index is -4.85. The van der Waals surface area contributed by atoms with Gasteiger partial charge in [0.15, 0.2) is 0 Å². The molecule has 5 nitrogen and oxygen atoms in total. The molecule has 0 heterocycles. The standard InChI is InChI=1S/C6H8O5P2S/c7-12(8,9)13(10,11)14-6-4-2-1-3-5-6/h1-5H,(H3-,7,8,9,10,11)/p+1. The first kappa shape index (κ1) is 12.0. The van der Waals surface area contributed by atoms with Gasteiger partial charge in [0.25, 0.3) is 10.9 Å². The minimum absolute atomic E-state index is 0.411. The quantitative estimate of drug-likeness (QED) is 0.466. The maximum atomic E-state index is 10.7. The Hall–Kier alpha value is -0.0600. The molecule has 8 heteroatoms. The van der Waals surface area contributed by atoms with Crippen LogP contribution in [0, 0.1) is 0 Å². The molecule has 1 aromatic rings. The van der Waals surface area contributed by atoms with Gasteiger partial charge in [-0.1, -0.05) is 18.2 Å². The van der Waals surface area contributed by atoms with E-state index in [1.807, 2.05) is 0 Å². The summed E-state index contributed by atoms with van der Waals surface area (Å²) in [6.45, 7) is 0. The van der Waals surface area contributed by atoms with E-state index in [1.54, 1.807) is 30.3 Å². The molecule has 0 saturated carbocycles. The zero-order chi connectivity index (χ0) is 10.8. The van der Waals surface area contributed by atoms with E-state index < -0.39 is 13.5 Å². The van der Waals surface area contributed by atoms with Crippen LogP contribution in [0.3, 0.4) is 0 Å². The fourth-order valence-corrected chi connectivity index (χ4v) is 4.68. The van der Waals surface area contributed by atoms with E-state index in [2.05, 4.69) is 0 Å². The van der Waals surface area contributed by atoms with Crippen LogP contribution < -0.4 is 0 Å². The van der Waals surface area contributed by atoms with Crippen molar-refractivity contribution in [2.24, 2.45) is 0 Å². The molecule has 1 rings (SSSR count). The fourth-order valence-electron chi connectivity index (χ4n) is 0.676. The Bertz CT molecular complexity index is 405. The smallest absolute Gasteiger partial charge is 0.315 e. The van der Waals surface area contributed by atoms with Gasteiger partial charge in [-0.3, -0.25) is 0 Å². The van der Waals surface area contributed by atoms with Gasteiger partial charge in [0.1, 0.15) is 0 Å². The highest BCUT2D eigenvalue weighted by atomic mass is 32.7. The van der Waals surface area contributed by atoms with Crippen molar-refractivity contribution in [3.63, 3.8) is 0 Å². The molecule has 78 valence electrons. The van der Waals surface area contributed by atoms with Crippen molar-refractivity contribution in [2.45, 2.75) is 4.90 Å². The van der Waals surface area contributed by atoms with Crippen molar-refractivity contribution in [3.8, 4) is 0 Å². The van der Waals surface area contributed by atoms with E-state index in [9.17, 15) is 14.4 Å². The Morgan fingerprint density at radius 3 is 1.93 bits per heavy atom. The molecule has 0 spiro atoms. The molecular weight excluding hydrogens is 246 g/mol. The van der Waals surface area contributed by atoms with Crippen molar-refractivity contribution in [2.75, 3.05) is 0 Å². The number of rotatable bonds is 2. The second-order valence-corrected chi connectivity index (χ2v) is 11.3. The molecule has 0 unspecified atom stereocenters. The lowest BCUT2D eigenvalue weighted by molar-refractivity contribution is 0.375. The van der Waals surface area contributed by atoms with E-state index in [4.69, 9.17) is 9.79 Å². The van der Waals surface area contributed by atoms with Crippen LogP contribution in [-0.4, -0.2) is 19.6 Å². The van der Waals surface area contributed by atoms with Crippen molar-refractivity contribution in [1.29, 1.82) is 0 Å². The van der Waals surface area contributed by atoms with Gasteiger partial charge in [-0.25, -0.2) is 4.57 Å². The third-order valence-electron chi connectivity index (χ3n) is 1.31.